The summed E-state index contributed by atoms with van der Waals surface area (Å²) in [4.78, 5) is 15.2. The molecule has 2 heterocycles. The molecule has 3 aromatic rings. The zero-order valence-corrected chi connectivity index (χ0v) is 16.2. The van der Waals surface area contributed by atoms with Crippen molar-refractivity contribution in [2.45, 2.75) is 32.9 Å². The van der Waals surface area contributed by atoms with Gasteiger partial charge in [-0.2, -0.15) is 0 Å². The molecule has 2 aromatic carbocycles. The van der Waals surface area contributed by atoms with E-state index in [1.807, 2.05) is 42.2 Å². The number of amides is 2. The summed E-state index contributed by atoms with van der Waals surface area (Å²) in [5, 5.41) is 3.67. The van der Waals surface area contributed by atoms with Crippen LogP contribution in [0.15, 0.2) is 60.8 Å². The first kappa shape index (κ1) is 17.7. The fourth-order valence-electron chi connectivity index (χ4n) is 3.78. The number of nitrogens with zero attached hydrogens (tertiary/aromatic N) is 2. The molecular weight excluding hydrogens is 358 g/mol. The highest BCUT2D eigenvalue weighted by Gasteiger charge is 2.30. The molecule has 4 rings (SSSR count). The van der Waals surface area contributed by atoms with Gasteiger partial charge in [0, 0.05) is 22.6 Å². The lowest BCUT2D eigenvalue weighted by Crippen LogP contribution is -2.37. The first-order valence-corrected chi connectivity index (χ1v) is 9.55. The van der Waals surface area contributed by atoms with Gasteiger partial charge in [-0.1, -0.05) is 42.8 Å². The van der Waals surface area contributed by atoms with Gasteiger partial charge in [0.1, 0.15) is 0 Å². The normalized spacial score (nSPS) is 15.7. The van der Waals surface area contributed by atoms with Crippen molar-refractivity contribution in [3.8, 4) is 5.69 Å². The summed E-state index contributed by atoms with van der Waals surface area (Å²) in [6, 6.07) is 17.8. The third-order valence-electron chi connectivity index (χ3n) is 5.18. The Labute approximate surface area is 164 Å². The third kappa shape index (κ3) is 3.21. The van der Waals surface area contributed by atoms with E-state index >= 15 is 0 Å². The van der Waals surface area contributed by atoms with Gasteiger partial charge in [-0.15, -0.1) is 0 Å². The monoisotopic (exact) mass is 379 g/mol. The maximum atomic E-state index is 13.3. The molecule has 1 aliphatic heterocycles. The second kappa shape index (κ2) is 7.12. The number of carbonyl (C=O) groups excluding carboxylic acids is 1. The number of nitrogens with one attached hydrogen (secondary N) is 1. The fourth-order valence-corrected chi connectivity index (χ4v) is 3.95. The highest BCUT2D eigenvalue weighted by atomic mass is 35.5. The van der Waals surface area contributed by atoms with E-state index in [9.17, 15) is 4.79 Å². The molecular formula is C22H22ClN3O. The fraction of sp³-hybridized carbons (Fsp3) is 0.227. The Hall–Kier alpha value is -2.72. The van der Waals surface area contributed by atoms with Gasteiger partial charge in [0.05, 0.1) is 18.3 Å². The van der Waals surface area contributed by atoms with Crippen LogP contribution >= 0.6 is 11.6 Å². The molecule has 0 fully saturated rings. The van der Waals surface area contributed by atoms with Crippen molar-refractivity contribution in [3.05, 3.63) is 82.6 Å². The predicted octanol–water partition coefficient (Wildman–Crippen LogP) is 5.94. The molecule has 138 valence electrons. The van der Waals surface area contributed by atoms with Crippen molar-refractivity contribution in [2.24, 2.45) is 0 Å². The quantitative estimate of drug-likeness (QED) is 0.588. The van der Waals surface area contributed by atoms with Gasteiger partial charge in [0.2, 0.25) is 0 Å². The molecule has 1 aliphatic rings. The highest BCUT2D eigenvalue weighted by molar-refractivity contribution is 6.31. The lowest BCUT2D eigenvalue weighted by molar-refractivity contribution is 0.181. The Morgan fingerprint density at radius 1 is 1.19 bits per heavy atom. The van der Waals surface area contributed by atoms with Crippen LogP contribution in [-0.4, -0.2) is 15.5 Å². The number of anilines is 1. The number of urea groups is 1. The van der Waals surface area contributed by atoms with Crippen molar-refractivity contribution >= 4 is 23.3 Å². The van der Waals surface area contributed by atoms with Crippen molar-refractivity contribution in [3.63, 3.8) is 0 Å². The maximum Gasteiger partial charge on any atom is 0.322 e. The summed E-state index contributed by atoms with van der Waals surface area (Å²) in [7, 11) is 0. The minimum Gasteiger partial charge on any atom is -0.318 e. The molecule has 1 aromatic heterocycles. The lowest BCUT2D eigenvalue weighted by atomic mass is 10.1. The van der Waals surface area contributed by atoms with E-state index in [1.165, 1.54) is 0 Å². The Bertz CT molecular complexity index is 995. The van der Waals surface area contributed by atoms with Crippen molar-refractivity contribution < 1.29 is 4.79 Å². The van der Waals surface area contributed by atoms with Crippen LogP contribution in [0.25, 0.3) is 5.69 Å². The second-order valence-corrected chi connectivity index (χ2v) is 7.31. The molecule has 0 saturated carbocycles. The first-order valence-electron chi connectivity index (χ1n) is 9.17. The van der Waals surface area contributed by atoms with Crippen molar-refractivity contribution in [1.29, 1.82) is 0 Å². The first-order chi connectivity index (χ1) is 13.1. The van der Waals surface area contributed by atoms with Gasteiger partial charge in [0.15, 0.2) is 0 Å². The predicted molar refractivity (Wildman–Crippen MR) is 110 cm³/mol. The molecule has 0 unspecified atom stereocenters. The van der Waals surface area contributed by atoms with Crippen LogP contribution < -0.4 is 5.32 Å². The summed E-state index contributed by atoms with van der Waals surface area (Å²) in [6.45, 7) is 4.64. The van der Waals surface area contributed by atoms with Crippen LogP contribution in [0, 0.1) is 6.92 Å². The van der Waals surface area contributed by atoms with E-state index in [4.69, 9.17) is 11.6 Å². The standard InChI is InChI=1S/C22H22ClN3O/c1-3-19-21-9-6-12-25(21)20-8-5-4-7-16(20)14-26(19)22(27)24-18-13-17(23)11-10-15(18)2/h4-13,19H,3,14H2,1-2H3,(H,24,27)/t19-/m0/s1. The number of carbonyl (C=O) groups is 1. The average molecular weight is 380 g/mol. The smallest absolute Gasteiger partial charge is 0.318 e. The molecule has 0 spiro atoms. The van der Waals surface area contributed by atoms with E-state index < -0.39 is 0 Å². The number of rotatable bonds is 2. The van der Waals surface area contributed by atoms with Crippen LogP contribution in [0.2, 0.25) is 5.02 Å². The SMILES string of the molecule is CC[C@H]1c2cccn2-c2ccccc2CN1C(=O)Nc1cc(Cl)ccc1C. The Kier molecular flexibility index (Phi) is 4.66. The van der Waals surface area contributed by atoms with Crippen molar-refractivity contribution in [2.75, 3.05) is 5.32 Å². The zero-order chi connectivity index (χ0) is 19.0. The molecule has 0 bridgehead atoms. The number of aryl methyl sites for hydroxylation is 1. The Morgan fingerprint density at radius 3 is 2.81 bits per heavy atom. The number of para-hydroxylation sites is 1. The highest BCUT2D eigenvalue weighted by Crippen LogP contribution is 2.34. The lowest BCUT2D eigenvalue weighted by Gasteiger charge is -2.30. The van der Waals surface area contributed by atoms with Gasteiger partial charge in [0.25, 0.3) is 0 Å². The number of halogens is 1. The van der Waals surface area contributed by atoms with Crippen LogP contribution in [0.1, 0.15) is 36.2 Å². The zero-order valence-electron chi connectivity index (χ0n) is 15.4. The summed E-state index contributed by atoms with van der Waals surface area (Å²) in [5.74, 6) is 0. The maximum absolute atomic E-state index is 13.3. The van der Waals surface area contributed by atoms with Gasteiger partial charge < -0.3 is 14.8 Å². The summed E-state index contributed by atoms with van der Waals surface area (Å²) < 4.78 is 2.20. The van der Waals surface area contributed by atoms with Gasteiger partial charge in [-0.3, -0.25) is 0 Å². The number of aromatic nitrogens is 1. The minimum absolute atomic E-state index is 0.00751. The molecule has 0 radical (unpaired) electrons. The summed E-state index contributed by atoms with van der Waals surface area (Å²) >= 11 is 6.12. The second-order valence-electron chi connectivity index (χ2n) is 6.87. The largest absolute Gasteiger partial charge is 0.322 e. The topological polar surface area (TPSA) is 37.3 Å². The molecule has 1 N–H and O–H groups in total. The van der Waals surface area contributed by atoms with Crippen LogP contribution in [0.5, 0.6) is 0 Å². The van der Waals surface area contributed by atoms with E-state index in [0.29, 0.717) is 11.6 Å². The van der Waals surface area contributed by atoms with Crippen LogP contribution in [0.4, 0.5) is 10.5 Å². The van der Waals surface area contributed by atoms with E-state index in [-0.39, 0.29) is 12.1 Å². The molecule has 0 aliphatic carbocycles. The molecule has 2 amide bonds. The summed E-state index contributed by atoms with van der Waals surface area (Å²) in [5.41, 5.74) is 5.11. The molecule has 27 heavy (non-hydrogen) atoms. The van der Waals surface area contributed by atoms with Gasteiger partial charge in [-0.25, -0.2) is 4.79 Å². The molecule has 4 nitrogen and oxygen atoms in total. The molecule has 0 saturated heterocycles. The number of benzene rings is 2. The number of fused-ring (bicyclic) bond motifs is 3. The molecule has 5 heteroatoms. The summed E-state index contributed by atoms with van der Waals surface area (Å²) in [6.07, 6.45) is 2.90. The molecule has 1 atom stereocenters. The Morgan fingerprint density at radius 2 is 2.00 bits per heavy atom. The van der Waals surface area contributed by atoms with Crippen LogP contribution in [-0.2, 0) is 6.54 Å². The van der Waals surface area contributed by atoms with Crippen LogP contribution in [0.3, 0.4) is 0 Å². The third-order valence-corrected chi connectivity index (χ3v) is 5.41. The average Bonchev–Trinajstić information content (AvgIpc) is 3.09. The number of hydrogen-bond donors (Lipinski definition) is 1. The minimum atomic E-state index is -0.114. The van der Waals surface area contributed by atoms with E-state index in [0.717, 1.165) is 34.6 Å². The van der Waals surface area contributed by atoms with E-state index in [2.05, 4.69) is 41.2 Å². The van der Waals surface area contributed by atoms with E-state index in [1.54, 1.807) is 6.07 Å². The van der Waals surface area contributed by atoms with Crippen molar-refractivity contribution in [1.82, 2.24) is 9.47 Å². The number of hydrogen-bond acceptors (Lipinski definition) is 1. The van der Waals surface area contributed by atoms with Gasteiger partial charge in [-0.05, 0) is 54.8 Å². The van der Waals surface area contributed by atoms with Gasteiger partial charge >= 0.3 is 6.03 Å². The Balaban J connectivity index is 1.74.